The third-order valence-corrected chi connectivity index (χ3v) is 7.36. The van der Waals surface area contributed by atoms with E-state index >= 15 is 0 Å². The molecular weight excluding hydrogens is 426 g/mol. The van der Waals surface area contributed by atoms with Gasteiger partial charge in [-0.2, -0.15) is 0 Å². The van der Waals surface area contributed by atoms with Crippen molar-refractivity contribution in [2.45, 2.75) is 37.0 Å². The summed E-state index contributed by atoms with van der Waals surface area (Å²) in [6, 6.07) is 28.5. The zero-order valence-electron chi connectivity index (χ0n) is 19.2. The topological polar surface area (TPSA) is 60.9 Å². The average molecular weight is 456 g/mol. The molecule has 0 aliphatic heterocycles. The highest BCUT2D eigenvalue weighted by molar-refractivity contribution is 7.90. The number of aromatic nitrogens is 2. The van der Waals surface area contributed by atoms with E-state index in [0.717, 1.165) is 22.3 Å². The third kappa shape index (κ3) is 4.86. The second-order valence-corrected chi connectivity index (χ2v) is 11.0. The minimum atomic E-state index is -1.37. The molecule has 2 heterocycles. The summed E-state index contributed by atoms with van der Waals surface area (Å²) in [5.41, 5.74) is 3.22. The number of pyridine rings is 2. The quantitative estimate of drug-likeness (QED) is 0.368. The number of hydrogen-bond acceptors (Lipinski definition) is 4. The van der Waals surface area contributed by atoms with Crippen molar-refractivity contribution in [2.24, 2.45) is 0 Å². The summed E-state index contributed by atoms with van der Waals surface area (Å²) in [5.74, 6) is -0.240. The Morgan fingerprint density at radius 3 is 1.52 bits per heavy atom. The average Bonchev–Trinajstić information content (AvgIpc) is 2.85. The van der Waals surface area contributed by atoms with Crippen molar-refractivity contribution >= 4 is 11.4 Å². The molecule has 1 atom stereocenters. The smallest absolute Gasteiger partial charge is 0.136 e. The van der Waals surface area contributed by atoms with Crippen LogP contribution in [0.2, 0.25) is 0 Å². The molecule has 0 aliphatic carbocycles. The molecule has 0 saturated heterocycles. The second kappa shape index (κ2) is 9.87. The lowest BCUT2D eigenvalue weighted by atomic mass is 9.68. The number of nitrogens with zero attached hydrogens (tertiary/aromatic N) is 2. The minimum absolute atomic E-state index is 0.240. The van der Waals surface area contributed by atoms with Crippen LogP contribution in [-0.4, -0.2) is 19.3 Å². The number of rotatable bonds is 7. The summed E-state index contributed by atoms with van der Waals surface area (Å²) < 4.78 is 16.9. The Morgan fingerprint density at radius 2 is 1.15 bits per heavy atom. The van der Waals surface area contributed by atoms with E-state index < -0.39 is 21.6 Å². The van der Waals surface area contributed by atoms with Crippen LogP contribution in [0.1, 0.15) is 48.9 Å². The maximum Gasteiger partial charge on any atom is 0.136 e. The van der Waals surface area contributed by atoms with Crippen LogP contribution < -0.4 is 4.72 Å². The van der Waals surface area contributed by atoms with E-state index in [9.17, 15) is 4.55 Å². The second-order valence-electron chi connectivity index (χ2n) is 9.03. The summed E-state index contributed by atoms with van der Waals surface area (Å²) in [4.78, 5) is 8.87. The van der Waals surface area contributed by atoms with Gasteiger partial charge < -0.3 is 4.55 Å². The molecule has 0 unspecified atom stereocenters. The monoisotopic (exact) mass is 455 g/mol. The SMILES string of the molecule is CC(C)(C)[S@+]([O-])NC(c1ccccc1)(c1ccccc1)C(c1cccnc1)c1cccnc1. The van der Waals surface area contributed by atoms with Crippen LogP contribution in [0.5, 0.6) is 0 Å². The molecule has 0 amide bonds. The van der Waals surface area contributed by atoms with Gasteiger partial charge in [-0.1, -0.05) is 72.8 Å². The molecule has 2 aromatic carbocycles. The Hall–Kier alpha value is -2.99. The van der Waals surface area contributed by atoms with Gasteiger partial charge in [0.1, 0.15) is 10.3 Å². The molecule has 33 heavy (non-hydrogen) atoms. The summed E-state index contributed by atoms with van der Waals surface area (Å²) >= 11 is -1.37. The van der Waals surface area contributed by atoms with Gasteiger partial charge in [0.2, 0.25) is 0 Å². The van der Waals surface area contributed by atoms with Crippen molar-refractivity contribution in [3.05, 3.63) is 132 Å². The molecule has 168 valence electrons. The first-order chi connectivity index (χ1) is 15.9. The van der Waals surface area contributed by atoms with Gasteiger partial charge in [-0.25, -0.2) is 0 Å². The van der Waals surface area contributed by atoms with Crippen LogP contribution in [0.3, 0.4) is 0 Å². The van der Waals surface area contributed by atoms with Crippen molar-refractivity contribution in [1.29, 1.82) is 0 Å². The van der Waals surface area contributed by atoms with Gasteiger partial charge >= 0.3 is 0 Å². The summed E-state index contributed by atoms with van der Waals surface area (Å²) in [6.07, 6.45) is 7.33. The van der Waals surface area contributed by atoms with Gasteiger partial charge in [0, 0.05) is 42.1 Å². The predicted molar refractivity (Wildman–Crippen MR) is 135 cm³/mol. The van der Waals surface area contributed by atoms with Gasteiger partial charge in [-0.15, -0.1) is 4.72 Å². The Morgan fingerprint density at radius 1 is 0.697 bits per heavy atom. The van der Waals surface area contributed by atoms with Crippen molar-refractivity contribution < 1.29 is 4.55 Å². The molecule has 0 bridgehead atoms. The first-order valence-corrected chi connectivity index (χ1v) is 12.2. The maximum atomic E-state index is 13.8. The molecule has 5 heteroatoms. The fraction of sp³-hybridized carbons (Fsp3) is 0.214. The Bertz CT molecular complexity index is 1050. The lowest BCUT2D eigenvalue weighted by Crippen LogP contribution is -2.55. The lowest BCUT2D eigenvalue weighted by molar-refractivity contribution is 0.407. The highest BCUT2D eigenvalue weighted by Gasteiger charge is 2.49. The molecule has 4 nitrogen and oxygen atoms in total. The Balaban J connectivity index is 2.08. The molecule has 2 aromatic heterocycles. The van der Waals surface area contributed by atoms with Crippen molar-refractivity contribution in [2.75, 3.05) is 0 Å². The highest BCUT2D eigenvalue weighted by Crippen LogP contribution is 2.47. The normalized spacial score (nSPS) is 13.1. The summed E-state index contributed by atoms with van der Waals surface area (Å²) in [7, 11) is 0. The van der Waals surface area contributed by atoms with Crippen LogP contribution in [0, 0.1) is 0 Å². The van der Waals surface area contributed by atoms with Crippen molar-refractivity contribution in [3.8, 4) is 0 Å². The number of hydrogen-bond donors (Lipinski definition) is 1. The van der Waals surface area contributed by atoms with Gasteiger partial charge in [-0.3, -0.25) is 9.97 Å². The third-order valence-electron chi connectivity index (χ3n) is 5.74. The zero-order chi connectivity index (χ0) is 23.3. The minimum Gasteiger partial charge on any atom is -0.598 e. The van der Waals surface area contributed by atoms with E-state index in [1.807, 2.05) is 81.7 Å². The Kier molecular flexibility index (Phi) is 6.94. The van der Waals surface area contributed by atoms with Crippen LogP contribution in [0.25, 0.3) is 0 Å². The Labute approximate surface area is 199 Å². The molecule has 0 fully saturated rings. The first-order valence-electron chi connectivity index (χ1n) is 11.0. The standard InChI is InChI=1S/C28H29N3OS/c1-27(2,3)33(32)31-28(24-14-6-4-7-15-24,25-16-8-5-9-17-25)26(22-12-10-18-29-20-22)23-13-11-19-30-21-23/h4-21,26,31H,1-3H3/t33-/m0/s1. The molecule has 0 radical (unpaired) electrons. The molecule has 4 aromatic rings. The highest BCUT2D eigenvalue weighted by atomic mass is 32.2. The zero-order valence-corrected chi connectivity index (χ0v) is 20.0. The van der Waals surface area contributed by atoms with Gasteiger partial charge in [-0.05, 0) is 55.2 Å². The molecular formula is C28H29N3OS. The van der Waals surface area contributed by atoms with Crippen LogP contribution >= 0.6 is 0 Å². The first kappa shape index (κ1) is 23.2. The van der Waals surface area contributed by atoms with Crippen molar-refractivity contribution in [3.63, 3.8) is 0 Å². The van der Waals surface area contributed by atoms with Crippen LogP contribution in [-0.2, 0) is 16.9 Å². The molecule has 1 N–H and O–H groups in total. The fourth-order valence-corrected chi connectivity index (χ4v) is 5.12. The van der Waals surface area contributed by atoms with Crippen molar-refractivity contribution in [1.82, 2.24) is 14.7 Å². The van der Waals surface area contributed by atoms with E-state index in [-0.39, 0.29) is 5.92 Å². The molecule has 0 saturated carbocycles. The van der Waals surface area contributed by atoms with E-state index in [0.29, 0.717) is 0 Å². The fourth-order valence-electron chi connectivity index (χ4n) is 4.16. The molecule has 0 spiro atoms. The lowest BCUT2D eigenvalue weighted by Gasteiger charge is -2.44. The van der Waals surface area contributed by atoms with E-state index in [4.69, 9.17) is 0 Å². The van der Waals surface area contributed by atoms with E-state index in [1.54, 1.807) is 12.4 Å². The summed E-state index contributed by atoms with van der Waals surface area (Å²) in [5, 5.41) is 0. The van der Waals surface area contributed by atoms with Crippen LogP contribution in [0.15, 0.2) is 110 Å². The maximum absolute atomic E-state index is 13.8. The number of benzene rings is 2. The summed E-state index contributed by atoms with van der Waals surface area (Å²) in [6.45, 7) is 5.96. The largest absolute Gasteiger partial charge is 0.598 e. The van der Waals surface area contributed by atoms with E-state index in [1.165, 1.54) is 0 Å². The van der Waals surface area contributed by atoms with Gasteiger partial charge in [0.25, 0.3) is 0 Å². The van der Waals surface area contributed by atoms with E-state index in [2.05, 4.69) is 51.1 Å². The predicted octanol–water partition coefficient (Wildman–Crippen LogP) is 5.60. The number of nitrogens with one attached hydrogen (secondary N) is 1. The molecule has 0 aliphatic rings. The molecule has 4 rings (SSSR count). The van der Waals surface area contributed by atoms with Crippen LogP contribution in [0.4, 0.5) is 0 Å². The van der Waals surface area contributed by atoms with Gasteiger partial charge in [0.05, 0.1) is 0 Å². The van der Waals surface area contributed by atoms with Gasteiger partial charge in [0.15, 0.2) is 0 Å².